The molecule has 0 aliphatic carbocycles. The van der Waals surface area contributed by atoms with E-state index in [0.29, 0.717) is 16.5 Å². The number of carbonyl (C=O) groups excluding carboxylic acids is 2. The molecule has 0 aliphatic heterocycles. The molecule has 4 aromatic rings. The summed E-state index contributed by atoms with van der Waals surface area (Å²) < 4.78 is 63.1. The van der Waals surface area contributed by atoms with E-state index in [1.165, 1.54) is 24.4 Å². The summed E-state index contributed by atoms with van der Waals surface area (Å²) in [6, 6.07) is 10.1. The number of thiophene rings is 1. The molecule has 0 saturated carbocycles. The van der Waals surface area contributed by atoms with Crippen LogP contribution in [0, 0.1) is 0 Å². The molecule has 0 bridgehead atoms. The van der Waals surface area contributed by atoms with Gasteiger partial charge in [-0.25, -0.2) is 13.4 Å². The fourth-order valence-corrected chi connectivity index (χ4v) is 5.98. The van der Waals surface area contributed by atoms with Gasteiger partial charge in [0.15, 0.2) is 5.75 Å². The van der Waals surface area contributed by atoms with Crippen LogP contribution in [-0.4, -0.2) is 41.9 Å². The number of hydrazine groups is 1. The molecule has 42 heavy (non-hydrogen) atoms. The van der Waals surface area contributed by atoms with E-state index >= 15 is 0 Å². The molecule has 0 unspecified atom stereocenters. The van der Waals surface area contributed by atoms with E-state index in [1.54, 1.807) is 18.2 Å². The van der Waals surface area contributed by atoms with Crippen LogP contribution in [0.4, 0.5) is 19.0 Å². The van der Waals surface area contributed by atoms with Gasteiger partial charge >= 0.3 is 6.18 Å². The van der Waals surface area contributed by atoms with Crippen LogP contribution < -0.4 is 20.9 Å². The van der Waals surface area contributed by atoms with Gasteiger partial charge in [0.25, 0.3) is 15.9 Å². The first-order chi connectivity index (χ1) is 19.8. The number of hydrogen-bond acceptors (Lipinski definition) is 9. The Bertz CT molecular complexity index is 1730. The number of phenolic OH excluding ortho intramolecular Hbond substituents is 1. The molecule has 0 saturated heterocycles. The molecule has 11 nitrogen and oxygen atoms in total. The van der Waals surface area contributed by atoms with Gasteiger partial charge in [0, 0.05) is 35.6 Å². The van der Waals surface area contributed by atoms with Crippen molar-refractivity contribution < 1.29 is 36.3 Å². The molecule has 5 N–H and O–H groups in total. The highest BCUT2D eigenvalue weighted by Gasteiger charge is 2.31. The van der Waals surface area contributed by atoms with Crippen LogP contribution in [0.15, 0.2) is 59.1 Å². The molecule has 1 aromatic carbocycles. The fraction of sp³-hybridized carbons (Fsp3) is 0.200. The molecule has 2 amide bonds. The van der Waals surface area contributed by atoms with Crippen LogP contribution in [0.2, 0.25) is 5.02 Å². The van der Waals surface area contributed by atoms with Crippen LogP contribution in [0.5, 0.6) is 5.75 Å². The average Bonchev–Trinajstić information content (AvgIpc) is 3.44. The van der Waals surface area contributed by atoms with E-state index < -0.39 is 33.6 Å². The van der Waals surface area contributed by atoms with E-state index in [1.807, 2.05) is 4.83 Å². The minimum Gasteiger partial charge on any atom is -0.505 e. The minimum absolute atomic E-state index is 0.0153. The van der Waals surface area contributed by atoms with Crippen molar-refractivity contribution in [1.82, 2.24) is 25.5 Å². The first kappa shape index (κ1) is 31.0. The number of hydrogen-bond donors (Lipinski definition) is 5. The highest BCUT2D eigenvalue weighted by molar-refractivity contribution is 7.91. The van der Waals surface area contributed by atoms with Crippen molar-refractivity contribution in [3.63, 3.8) is 0 Å². The third kappa shape index (κ3) is 7.64. The Morgan fingerprint density at radius 2 is 1.88 bits per heavy atom. The molecule has 0 atom stereocenters. The summed E-state index contributed by atoms with van der Waals surface area (Å²) in [5.74, 6) is -1.48. The summed E-state index contributed by atoms with van der Waals surface area (Å²) in [4.78, 5) is 34.9. The Kier molecular flexibility index (Phi) is 9.50. The molecule has 0 spiro atoms. The molecule has 0 aliphatic rings. The summed E-state index contributed by atoms with van der Waals surface area (Å²) in [5, 5.41) is 16.2. The maximum absolute atomic E-state index is 12.7. The van der Waals surface area contributed by atoms with E-state index in [9.17, 15) is 36.3 Å². The van der Waals surface area contributed by atoms with Crippen LogP contribution in [0.25, 0.3) is 10.9 Å². The Labute approximate surface area is 246 Å². The summed E-state index contributed by atoms with van der Waals surface area (Å²) in [5.41, 5.74) is 1.39. The maximum atomic E-state index is 12.7. The van der Waals surface area contributed by atoms with E-state index in [4.69, 9.17) is 11.6 Å². The first-order valence-electron chi connectivity index (χ1n) is 12.1. The number of nitrogens with one attached hydrogen (secondary N) is 4. The summed E-state index contributed by atoms with van der Waals surface area (Å²) >= 11 is 6.68. The Hall–Kier alpha value is -3.99. The predicted molar refractivity (Wildman–Crippen MR) is 149 cm³/mol. The van der Waals surface area contributed by atoms with Gasteiger partial charge in [-0.2, -0.15) is 13.2 Å². The van der Waals surface area contributed by atoms with Crippen LogP contribution in [0.1, 0.15) is 33.6 Å². The molecule has 4 rings (SSSR count). The van der Waals surface area contributed by atoms with Crippen molar-refractivity contribution in [2.75, 3.05) is 11.9 Å². The second kappa shape index (κ2) is 12.9. The minimum atomic E-state index is -4.58. The standard InChI is InChI=1S/C25H22ClF3N6O5S2/c26-18-11-15(25(27,28)29)12-32-23(18)31-10-2-4-19(36)34-35-42(39,40)20-8-6-16(41-20)13-33-24(38)17-7-5-14-3-1-9-30-21(14)22(17)37/h1,3,5-9,11-12,35,37H,2,4,10,13H2,(H,31,32)(H,33,38)(H,34,36). The van der Waals surface area contributed by atoms with Gasteiger partial charge in [-0.15, -0.1) is 16.2 Å². The largest absolute Gasteiger partial charge is 0.505 e. The number of rotatable bonds is 11. The molecular weight excluding hydrogens is 621 g/mol. The number of nitrogens with zero attached hydrogens (tertiary/aromatic N) is 2. The SMILES string of the molecule is O=C(CCCNc1ncc(C(F)(F)F)cc1Cl)NNS(=O)(=O)c1ccc(CNC(=O)c2ccc3cccnc3c2O)s1. The number of carbonyl (C=O) groups is 2. The van der Waals surface area contributed by atoms with Gasteiger partial charge in [0.2, 0.25) is 5.91 Å². The van der Waals surface area contributed by atoms with E-state index in [2.05, 4.69) is 26.0 Å². The van der Waals surface area contributed by atoms with Crippen molar-refractivity contribution in [1.29, 1.82) is 0 Å². The van der Waals surface area contributed by atoms with Gasteiger partial charge in [0.1, 0.15) is 15.5 Å². The number of amides is 2. The molecular formula is C25H22ClF3N6O5S2. The third-order valence-electron chi connectivity index (χ3n) is 5.68. The van der Waals surface area contributed by atoms with Crippen molar-refractivity contribution in [2.45, 2.75) is 29.8 Å². The summed E-state index contributed by atoms with van der Waals surface area (Å²) in [6.07, 6.45) is -2.38. The van der Waals surface area contributed by atoms with Crippen molar-refractivity contribution in [3.8, 4) is 5.75 Å². The second-order valence-corrected chi connectivity index (χ2v) is 12.2. The van der Waals surface area contributed by atoms with Crippen molar-refractivity contribution >= 4 is 61.5 Å². The monoisotopic (exact) mass is 642 g/mol. The Morgan fingerprint density at radius 3 is 2.62 bits per heavy atom. The number of halogens is 4. The molecule has 0 radical (unpaired) electrons. The van der Waals surface area contributed by atoms with Crippen LogP contribution >= 0.6 is 22.9 Å². The smallest absolute Gasteiger partial charge is 0.417 e. The topological polar surface area (TPSA) is 162 Å². The zero-order valence-electron chi connectivity index (χ0n) is 21.3. The number of anilines is 1. The quantitative estimate of drug-likeness (QED) is 0.120. The third-order valence-corrected chi connectivity index (χ3v) is 8.80. The van der Waals surface area contributed by atoms with Crippen molar-refractivity contribution in [2.24, 2.45) is 0 Å². The number of phenols is 1. The second-order valence-electron chi connectivity index (χ2n) is 8.68. The van der Waals surface area contributed by atoms with Gasteiger partial charge < -0.3 is 15.7 Å². The number of pyridine rings is 2. The van der Waals surface area contributed by atoms with Gasteiger partial charge in [-0.05, 0) is 36.8 Å². The molecule has 0 fully saturated rings. The number of fused-ring (bicyclic) bond motifs is 1. The first-order valence-corrected chi connectivity index (χ1v) is 14.7. The van der Waals surface area contributed by atoms with Crippen LogP contribution in [0.3, 0.4) is 0 Å². The molecule has 222 valence electrons. The number of aromatic nitrogens is 2. The van der Waals surface area contributed by atoms with Gasteiger partial charge in [-0.3, -0.25) is 20.0 Å². The van der Waals surface area contributed by atoms with Crippen LogP contribution in [-0.2, 0) is 27.5 Å². The lowest BCUT2D eigenvalue weighted by molar-refractivity contribution is -0.137. The van der Waals surface area contributed by atoms with Crippen molar-refractivity contribution in [3.05, 3.63) is 75.9 Å². The van der Waals surface area contributed by atoms with E-state index in [-0.39, 0.29) is 57.8 Å². The summed E-state index contributed by atoms with van der Waals surface area (Å²) in [7, 11) is -4.11. The number of sulfonamides is 1. The van der Waals surface area contributed by atoms with Gasteiger partial charge in [0.05, 0.1) is 22.7 Å². The summed E-state index contributed by atoms with van der Waals surface area (Å²) in [6.45, 7) is 0.113. The Balaban J connectivity index is 1.22. The zero-order valence-corrected chi connectivity index (χ0v) is 23.7. The lowest BCUT2D eigenvalue weighted by atomic mass is 10.1. The predicted octanol–water partition coefficient (Wildman–Crippen LogP) is 4.20. The zero-order chi connectivity index (χ0) is 30.5. The average molecular weight is 643 g/mol. The number of benzene rings is 1. The normalized spacial score (nSPS) is 11.8. The lowest BCUT2D eigenvalue weighted by Crippen LogP contribution is -2.41. The van der Waals surface area contributed by atoms with E-state index in [0.717, 1.165) is 17.4 Å². The molecule has 3 heterocycles. The number of alkyl halides is 3. The molecule has 17 heteroatoms. The Morgan fingerprint density at radius 1 is 1.10 bits per heavy atom. The lowest BCUT2D eigenvalue weighted by Gasteiger charge is -2.11. The van der Waals surface area contributed by atoms with Gasteiger partial charge in [-0.1, -0.05) is 23.7 Å². The highest BCUT2D eigenvalue weighted by atomic mass is 35.5. The maximum Gasteiger partial charge on any atom is 0.417 e. The molecule has 3 aromatic heterocycles. The fourth-order valence-electron chi connectivity index (χ4n) is 3.59. The highest BCUT2D eigenvalue weighted by Crippen LogP contribution is 2.32. The number of aromatic hydroxyl groups is 1.